The van der Waals surface area contributed by atoms with Crippen LogP contribution in [0.4, 0.5) is 0 Å². The van der Waals surface area contributed by atoms with Gasteiger partial charge >= 0.3 is 0 Å². The van der Waals surface area contributed by atoms with Crippen LogP contribution in [0.25, 0.3) is 0 Å². The molecule has 0 unspecified atom stereocenters. The van der Waals surface area contributed by atoms with Crippen LogP contribution < -0.4 is 20.1 Å². The number of aliphatic imine (C=N–C) groups is 1. The van der Waals surface area contributed by atoms with Crippen molar-refractivity contribution < 1.29 is 9.47 Å². The summed E-state index contributed by atoms with van der Waals surface area (Å²) in [5.74, 6) is 2.49. The lowest BCUT2D eigenvalue weighted by Crippen LogP contribution is -2.38. The number of hydrogen-bond acceptors (Lipinski definition) is 4. The van der Waals surface area contributed by atoms with Crippen molar-refractivity contribution in [1.82, 2.24) is 15.5 Å². The van der Waals surface area contributed by atoms with E-state index >= 15 is 0 Å². The first-order valence-corrected chi connectivity index (χ1v) is 9.73. The van der Waals surface area contributed by atoms with Crippen molar-refractivity contribution in [3.8, 4) is 11.5 Å². The summed E-state index contributed by atoms with van der Waals surface area (Å²) in [6, 6.07) is 6.15. The molecule has 0 heterocycles. The molecule has 0 aliphatic rings. The van der Waals surface area contributed by atoms with Gasteiger partial charge in [0.25, 0.3) is 0 Å². The van der Waals surface area contributed by atoms with Crippen LogP contribution >= 0.6 is 0 Å². The Bertz CT molecular complexity index is 535. The highest BCUT2D eigenvalue weighted by molar-refractivity contribution is 5.79. The molecule has 148 valence electrons. The molecule has 0 fully saturated rings. The van der Waals surface area contributed by atoms with E-state index in [0.717, 1.165) is 56.6 Å². The first kappa shape index (κ1) is 22.1. The Morgan fingerprint density at radius 2 is 1.77 bits per heavy atom. The topological polar surface area (TPSA) is 58.1 Å². The average Bonchev–Trinajstić information content (AvgIpc) is 2.64. The van der Waals surface area contributed by atoms with Crippen LogP contribution in [0.3, 0.4) is 0 Å². The fraction of sp³-hybridized carbons (Fsp3) is 0.650. The Labute approximate surface area is 159 Å². The van der Waals surface area contributed by atoms with Crippen molar-refractivity contribution in [2.75, 3.05) is 53.0 Å². The molecule has 1 rings (SSSR count). The van der Waals surface area contributed by atoms with Gasteiger partial charge < -0.3 is 25.0 Å². The van der Waals surface area contributed by atoms with Crippen LogP contribution in [0.15, 0.2) is 23.2 Å². The highest BCUT2D eigenvalue weighted by Crippen LogP contribution is 2.28. The van der Waals surface area contributed by atoms with Crippen molar-refractivity contribution in [3.63, 3.8) is 0 Å². The van der Waals surface area contributed by atoms with E-state index < -0.39 is 0 Å². The monoisotopic (exact) mass is 364 g/mol. The molecule has 6 heteroatoms. The van der Waals surface area contributed by atoms with Crippen LogP contribution in [0.1, 0.15) is 33.3 Å². The van der Waals surface area contributed by atoms with Crippen molar-refractivity contribution >= 4 is 5.96 Å². The molecule has 0 saturated carbocycles. The van der Waals surface area contributed by atoms with Gasteiger partial charge in [0.2, 0.25) is 0 Å². The van der Waals surface area contributed by atoms with E-state index in [1.54, 1.807) is 0 Å². The molecule has 1 aromatic carbocycles. The molecule has 6 nitrogen and oxygen atoms in total. The zero-order valence-corrected chi connectivity index (χ0v) is 17.1. The van der Waals surface area contributed by atoms with E-state index in [9.17, 15) is 0 Å². The van der Waals surface area contributed by atoms with Gasteiger partial charge in [-0.05, 0) is 58.5 Å². The second-order valence-corrected chi connectivity index (χ2v) is 5.98. The van der Waals surface area contributed by atoms with E-state index in [1.165, 1.54) is 5.56 Å². The van der Waals surface area contributed by atoms with E-state index in [1.807, 2.05) is 19.9 Å². The zero-order chi connectivity index (χ0) is 19.2. The van der Waals surface area contributed by atoms with Crippen LogP contribution in [-0.2, 0) is 6.42 Å². The SMILES string of the molecule is CCNC(=NCCN(C)CC)NCCc1ccc(OCC)c(OCC)c1. The van der Waals surface area contributed by atoms with E-state index in [-0.39, 0.29) is 0 Å². The summed E-state index contributed by atoms with van der Waals surface area (Å²) in [7, 11) is 2.11. The summed E-state index contributed by atoms with van der Waals surface area (Å²) in [6.07, 6.45) is 0.895. The van der Waals surface area contributed by atoms with Gasteiger partial charge in [-0.25, -0.2) is 0 Å². The van der Waals surface area contributed by atoms with Crippen molar-refractivity contribution in [3.05, 3.63) is 23.8 Å². The summed E-state index contributed by atoms with van der Waals surface area (Å²) in [5.41, 5.74) is 1.21. The lowest BCUT2D eigenvalue weighted by Gasteiger charge is -2.15. The van der Waals surface area contributed by atoms with Crippen molar-refractivity contribution in [1.29, 1.82) is 0 Å². The summed E-state index contributed by atoms with van der Waals surface area (Å²) in [5, 5.41) is 6.69. The van der Waals surface area contributed by atoms with Gasteiger partial charge in [0, 0.05) is 19.6 Å². The molecular weight excluding hydrogens is 328 g/mol. The average molecular weight is 365 g/mol. The number of benzene rings is 1. The molecule has 0 radical (unpaired) electrons. The maximum atomic E-state index is 5.70. The molecular formula is C20H36N4O2. The van der Waals surface area contributed by atoms with Crippen LogP contribution in [0.5, 0.6) is 11.5 Å². The van der Waals surface area contributed by atoms with E-state index in [0.29, 0.717) is 13.2 Å². The van der Waals surface area contributed by atoms with Crippen LogP contribution in [0.2, 0.25) is 0 Å². The second-order valence-electron chi connectivity index (χ2n) is 5.98. The number of likely N-dealkylation sites (N-methyl/N-ethyl adjacent to an activating group) is 1. The number of nitrogens with one attached hydrogen (secondary N) is 2. The lowest BCUT2D eigenvalue weighted by atomic mass is 10.1. The fourth-order valence-corrected chi connectivity index (χ4v) is 2.41. The molecule has 0 aliphatic heterocycles. The molecule has 0 bridgehead atoms. The predicted octanol–water partition coefficient (Wildman–Crippen LogP) is 2.53. The van der Waals surface area contributed by atoms with Crippen LogP contribution in [-0.4, -0.2) is 63.8 Å². The van der Waals surface area contributed by atoms with Crippen molar-refractivity contribution in [2.45, 2.75) is 34.1 Å². The van der Waals surface area contributed by atoms with Gasteiger partial charge in [-0.1, -0.05) is 13.0 Å². The number of rotatable bonds is 12. The van der Waals surface area contributed by atoms with Gasteiger partial charge in [-0.15, -0.1) is 0 Å². The Morgan fingerprint density at radius 3 is 2.42 bits per heavy atom. The Kier molecular flexibility index (Phi) is 11.3. The molecule has 2 N–H and O–H groups in total. The summed E-state index contributed by atoms with van der Waals surface area (Å²) in [4.78, 5) is 6.88. The molecule has 0 atom stereocenters. The number of hydrogen-bond donors (Lipinski definition) is 2. The molecule has 0 amide bonds. The van der Waals surface area contributed by atoms with Gasteiger partial charge in [0.05, 0.1) is 19.8 Å². The van der Waals surface area contributed by atoms with Gasteiger partial charge in [-0.3, -0.25) is 4.99 Å². The highest BCUT2D eigenvalue weighted by Gasteiger charge is 2.06. The minimum atomic E-state index is 0.630. The van der Waals surface area contributed by atoms with Crippen molar-refractivity contribution in [2.24, 2.45) is 4.99 Å². The second kappa shape index (κ2) is 13.3. The normalized spacial score (nSPS) is 11.5. The Balaban J connectivity index is 2.57. The predicted molar refractivity (Wildman–Crippen MR) is 110 cm³/mol. The van der Waals surface area contributed by atoms with E-state index in [4.69, 9.17) is 9.47 Å². The maximum Gasteiger partial charge on any atom is 0.191 e. The number of ether oxygens (including phenoxy) is 2. The summed E-state index contributed by atoms with van der Waals surface area (Å²) in [6.45, 7) is 13.9. The quantitative estimate of drug-likeness (QED) is 0.441. The smallest absolute Gasteiger partial charge is 0.191 e. The lowest BCUT2D eigenvalue weighted by molar-refractivity contribution is 0.287. The molecule has 1 aromatic rings. The zero-order valence-electron chi connectivity index (χ0n) is 17.1. The van der Waals surface area contributed by atoms with Gasteiger partial charge in [-0.2, -0.15) is 0 Å². The molecule has 0 saturated heterocycles. The Hall–Kier alpha value is -1.95. The summed E-state index contributed by atoms with van der Waals surface area (Å²) < 4.78 is 11.3. The number of guanidine groups is 1. The van der Waals surface area contributed by atoms with Crippen LogP contribution in [0, 0.1) is 0 Å². The molecule has 26 heavy (non-hydrogen) atoms. The fourth-order valence-electron chi connectivity index (χ4n) is 2.41. The highest BCUT2D eigenvalue weighted by atomic mass is 16.5. The van der Waals surface area contributed by atoms with E-state index in [2.05, 4.69) is 53.6 Å². The standard InChI is InChI=1S/C20H36N4O2/c1-6-21-20(23-14-15-24(5)7-2)22-13-12-17-10-11-18(25-8-3)19(16-17)26-9-4/h10-11,16H,6-9,12-15H2,1-5H3,(H2,21,22,23). The molecule has 0 spiro atoms. The molecule has 0 aromatic heterocycles. The van der Waals surface area contributed by atoms with Gasteiger partial charge in [0.15, 0.2) is 17.5 Å². The minimum Gasteiger partial charge on any atom is -0.490 e. The maximum absolute atomic E-state index is 5.70. The number of nitrogens with zero attached hydrogens (tertiary/aromatic N) is 2. The first-order valence-electron chi connectivity index (χ1n) is 9.73. The minimum absolute atomic E-state index is 0.630. The third-order valence-corrected chi connectivity index (χ3v) is 3.95. The summed E-state index contributed by atoms with van der Waals surface area (Å²) >= 11 is 0. The van der Waals surface area contributed by atoms with Gasteiger partial charge in [0.1, 0.15) is 0 Å². The molecule has 0 aliphatic carbocycles. The Morgan fingerprint density at radius 1 is 1.04 bits per heavy atom. The largest absolute Gasteiger partial charge is 0.490 e. The third kappa shape index (κ3) is 8.43. The first-order chi connectivity index (χ1) is 12.6. The third-order valence-electron chi connectivity index (χ3n) is 3.95.